The van der Waals surface area contributed by atoms with Gasteiger partial charge in [0.2, 0.25) is 0 Å². The second kappa shape index (κ2) is 5.45. The van der Waals surface area contributed by atoms with Crippen LogP contribution in [0.3, 0.4) is 0 Å². The normalized spacial score (nSPS) is 18.7. The molecule has 1 rings (SSSR count). The Hall–Kier alpha value is -0.630. The van der Waals surface area contributed by atoms with E-state index in [-0.39, 0.29) is 5.78 Å². The largest absolute Gasteiger partial charge is 0.289 e. The van der Waals surface area contributed by atoms with Crippen LogP contribution in [0.1, 0.15) is 33.6 Å². The summed E-state index contributed by atoms with van der Waals surface area (Å²) in [5, 5.41) is 0. The molecule has 0 saturated carbocycles. The molecule has 0 spiro atoms. The summed E-state index contributed by atoms with van der Waals surface area (Å²) in [4.78, 5) is 12.9. The third-order valence-corrected chi connectivity index (χ3v) is 4.58. The van der Waals surface area contributed by atoms with E-state index in [0.29, 0.717) is 10.5 Å². The maximum absolute atomic E-state index is 11.6. The minimum atomic E-state index is 0.200. The molecule has 0 fully saturated rings. The standard InChI is InChI=1S/C13H20OS/c1-5-6-7-15(4)12-8-10(2)13(14)11(3)9-12/h8-9H,5-7H2,1-4H3. The van der Waals surface area contributed by atoms with Crippen LogP contribution in [0.4, 0.5) is 0 Å². The van der Waals surface area contributed by atoms with E-state index < -0.39 is 0 Å². The molecule has 0 aromatic heterocycles. The summed E-state index contributed by atoms with van der Waals surface area (Å²) in [5.41, 5.74) is 1.78. The Kier molecular flexibility index (Phi) is 4.52. The molecule has 1 nitrogen and oxygen atoms in total. The van der Waals surface area contributed by atoms with Crippen molar-refractivity contribution in [2.45, 2.75) is 33.6 Å². The molecule has 0 saturated heterocycles. The second-order valence-electron chi connectivity index (χ2n) is 4.08. The van der Waals surface area contributed by atoms with Crippen LogP contribution < -0.4 is 0 Å². The lowest BCUT2D eigenvalue weighted by molar-refractivity contribution is -0.112. The van der Waals surface area contributed by atoms with Gasteiger partial charge in [-0.3, -0.25) is 4.79 Å². The molecule has 1 atom stereocenters. The van der Waals surface area contributed by atoms with Crippen molar-refractivity contribution in [1.29, 1.82) is 0 Å². The first-order valence-corrected chi connectivity index (χ1v) is 7.27. The number of ketones is 1. The van der Waals surface area contributed by atoms with Gasteiger partial charge in [0.25, 0.3) is 0 Å². The van der Waals surface area contributed by atoms with Gasteiger partial charge in [-0.2, -0.15) is 10.5 Å². The van der Waals surface area contributed by atoms with Crippen molar-refractivity contribution in [2.75, 3.05) is 12.0 Å². The minimum Gasteiger partial charge on any atom is -0.289 e. The van der Waals surface area contributed by atoms with E-state index in [0.717, 1.165) is 11.1 Å². The van der Waals surface area contributed by atoms with Crippen molar-refractivity contribution in [3.63, 3.8) is 0 Å². The molecule has 0 amide bonds. The molecule has 1 aliphatic rings. The summed E-state index contributed by atoms with van der Waals surface area (Å²) in [6.07, 6.45) is 8.92. The summed E-state index contributed by atoms with van der Waals surface area (Å²) in [6, 6.07) is 0. The maximum atomic E-state index is 11.6. The van der Waals surface area contributed by atoms with Gasteiger partial charge >= 0.3 is 0 Å². The molecule has 0 radical (unpaired) electrons. The van der Waals surface area contributed by atoms with Crippen LogP contribution in [-0.2, 0) is 4.79 Å². The fourth-order valence-corrected chi connectivity index (χ4v) is 3.30. The third kappa shape index (κ3) is 3.16. The van der Waals surface area contributed by atoms with Crippen molar-refractivity contribution >= 4 is 21.1 Å². The van der Waals surface area contributed by atoms with E-state index in [9.17, 15) is 4.79 Å². The summed E-state index contributed by atoms with van der Waals surface area (Å²) in [7, 11) is 0.299. The molecule has 0 aromatic carbocycles. The van der Waals surface area contributed by atoms with Crippen LogP contribution in [0, 0.1) is 0 Å². The number of allylic oxidation sites excluding steroid dienone is 4. The molecule has 2 heteroatoms. The Balaban J connectivity index is 2.92. The van der Waals surface area contributed by atoms with E-state index in [2.05, 4.69) is 25.3 Å². The fourth-order valence-electron chi connectivity index (χ4n) is 1.59. The molecule has 0 aliphatic heterocycles. The number of hydrogen-bond acceptors (Lipinski definition) is 1. The van der Waals surface area contributed by atoms with Gasteiger partial charge in [-0.05, 0) is 60.4 Å². The van der Waals surface area contributed by atoms with Crippen LogP contribution in [-0.4, -0.2) is 22.7 Å². The van der Waals surface area contributed by atoms with Crippen molar-refractivity contribution in [1.82, 2.24) is 0 Å². The smallest absolute Gasteiger partial charge is 0.184 e. The molecule has 15 heavy (non-hydrogen) atoms. The van der Waals surface area contributed by atoms with Gasteiger partial charge in [0.15, 0.2) is 5.78 Å². The molecule has 0 heterocycles. The van der Waals surface area contributed by atoms with Gasteiger partial charge in [-0.15, -0.1) is 0 Å². The lowest BCUT2D eigenvalue weighted by atomic mass is 9.99. The van der Waals surface area contributed by atoms with E-state index in [1.807, 2.05) is 13.8 Å². The highest BCUT2D eigenvalue weighted by atomic mass is 32.2. The Morgan fingerprint density at radius 1 is 1.20 bits per heavy atom. The fraction of sp³-hybridized carbons (Fsp3) is 0.538. The van der Waals surface area contributed by atoms with Crippen molar-refractivity contribution in [3.8, 4) is 0 Å². The minimum absolute atomic E-state index is 0.200. The lowest BCUT2D eigenvalue weighted by Crippen LogP contribution is -2.11. The Bertz CT molecular complexity index is 335. The predicted molar refractivity (Wildman–Crippen MR) is 70.8 cm³/mol. The summed E-state index contributed by atoms with van der Waals surface area (Å²) in [5.74, 6) is 1.44. The maximum Gasteiger partial charge on any atom is 0.184 e. The first kappa shape index (κ1) is 12.4. The number of rotatable bonds is 3. The van der Waals surface area contributed by atoms with E-state index in [4.69, 9.17) is 0 Å². The Morgan fingerprint density at radius 2 is 1.73 bits per heavy atom. The topological polar surface area (TPSA) is 17.1 Å². The summed E-state index contributed by atoms with van der Waals surface area (Å²) >= 11 is 0. The van der Waals surface area contributed by atoms with Crippen LogP contribution in [0.2, 0.25) is 0 Å². The van der Waals surface area contributed by atoms with Crippen LogP contribution in [0.5, 0.6) is 0 Å². The monoisotopic (exact) mass is 224 g/mol. The molecule has 1 aliphatic carbocycles. The molecule has 0 bridgehead atoms. The SMILES string of the molecule is CCCCS(C)=C1C=C(C)C(=O)C(C)=C1. The molecule has 84 valence electrons. The number of unbranched alkanes of at least 4 members (excludes halogenated alkanes) is 1. The van der Waals surface area contributed by atoms with Crippen LogP contribution in [0.15, 0.2) is 23.3 Å². The third-order valence-electron chi connectivity index (χ3n) is 2.64. The van der Waals surface area contributed by atoms with Gasteiger partial charge in [0.1, 0.15) is 0 Å². The second-order valence-corrected chi connectivity index (χ2v) is 6.23. The highest BCUT2D eigenvalue weighted by molar-refractivity contribution is 8.15. The zero-order chi connectivity index (χ0) is 11.4. The van der Waals surface area contributed by atoms with Crippen LogP contribution >= 0.6 is 10.5 Å². The van der Waals surface area contributed by atoms with Gasteiger partial charge < -0.3 is 0 Å². The van der Waals surface area contributed by atoms with Gasteiger partial charge in [0, 0.05) is 0 Å². The average molecular weight is 224 g/mol. The number of carbonyl (C=O) groups excluding carboxylic acids is 1. The number of carbonyl (C=O) groups is 1. The van der Waals surface area contributed by atoms with E-state index in [1.165, 1.54) is 23.5 Å². The highest BCUT2D eigenvalue weighted by Gasteiger charge is 2.13. The molecular formula is C13H20OS. The highest BCUT2D eigenvalue weighted by Crippen LogP contribution is 2.20. The van der Waals surface area contributed by atoms with Gasteiger partial charge in [-0.25, -0.2) is 0 Å². The Morgan fingerprint density at radius 3 is 2.20 bits per heavy atom. The van der Waals surface area contributed by atoms with Crippen molar-refractivity contribution < 1.29 is 4.79 Å². The predicted octanol–water partition coefficient (Wildman–Crippen LogP) is 3.33. The first-order valence-electron chi connectivity index (χ1n) is 5.47. The molecular weight excluding hydrogens is 204 g/mol. The average Bonchev–Trinajstić information content (AvgIpc) is 2.21. The van der Waals surface area contributed by atoms with Gasteiger partial charge in [0.05, 0.1) is 0 Å². The molecule has 1 unspecified atom stereocenters. The van der Waals surface area contributed by atoms with E-state index in [1.54, 1.807) is 0 Å². The van der Waals surface area contributed by atoms with Gasteiger partial charge in [-0.1, -0.05) is 13.3 Å². The molecule has 0 N–H and O–H groups in total. The van der Waals surface area contributed by atoms with E-state index >= 15 is 0 Å². The zero-order valence-corrected chi connectivity index (χ0v) is 10.9. The molecule has 0 aromatic rings. The van der Waals surface area contributed by atoms with Crippen LogP contribution in [0.25, 0.3) is 0 Å². The zero-order valence-electron chi connectivity index (χ0n) is 10.1. The first-order chi connectivity index (χ1) is 7.06. The number of hydrogen-bond donors (Lipinski definition) is 0. The number of Topliss-reactive ketones (excluding diaryl/α,β-unsaturated/α-hetero) is 1. The van der Waals surface area contributed by atoms with Crippen molar-refractivity contribution in [2.24, 2.45) is 0 Å². The van der Waals surface area contributed by atoms with Crippen molar-refractivity contribution in [3.05, 3.63) is 23.3 Å². The summed E-state index contributed by atoms with van der Waals surface area (Å²) in [6.45, 7) is 6.04. The Labute approximate surface area is 95.2 Å². The quantitative estimate of drug-likeness (QED) is 0.672. The summed E-state index contributed by atoms with van der Waals surface area (Å²) < 4.78 is 0. The lowest BCUT2D eigenvalue weighted by Gasteiger charge is -2.13.